The zero-order valence-electron chi connectivity index (χ0n) is 21.0. The van der Waals surface area contributed by atoms with Crippen molar-refractivity contribution in [2.45, 2.75) is 18.7 Å². The summed E-state index contributed by atoms with van der Waals surface area (Å²) >= 11 is 0. The Morgan fingerprint density at radius 2 is 1.60 bits per heavy atom. The fourth-order valence-electron chi connectivity index (χ4n) is 4.47. The molecule has 0 aliphatic carbocycles. The molecule has 6 nitrogen and oxygen atoms in total. The van der Waals surface area contributed by atoms with E-state index in [0.29, 0.717) is 28.1 Å². The Morgan fingerprint density at radius 1 is 0.950 bits per heavy atom. The van der Waals surface area contributed by atoms with Crippen molar-refractivity contribution >= 4 is 28.8 Å². The van der Waals surface area contributed by atoms with Gasteiger partial charge in [0, 0.05) is 47.5 Å². The van der Waals surface area contributed by atoms with Crippen LogP contribution in [-0.4, -0.2) is 27.6 Å². The molecule has 0 spiro atoms. The molecular weight excluding hydrogens is 519 g/mol. The average Bonchev–Trinajstić information content (AvgIpc) is 3.47. The monoisotopic (exact) mass is 543 g/mol. The van der Waals surface area contributed by atoms with Crippen molar-refractivity contribution in [1.29, 1.82) is 0 Å². The second-order valence-corrected chi connectivity index (χ2v) is 9.18. The van der Waals surface area contributed by atoms with Crippen LogP contribution in [0.3, 0.4) is 0 Å². The highest BCUT2D eigenvalue weighted by Crippen LogP contribution is 2.32. The van der Waals surface area contributed by atoms with Gasteiger partial charge >= 0.3 is 6.18 Å². The van der Waals surface area contributed by atoms with Crippen molar-refractivity contribution in [3.8, 4) is 5.69 Å². The molecule has 2 heterocycles. The first-order valence-electron chi connectivity index (χ1n) is 12.4. The Balaban J connectivity index is 1.41. The zero-order valence-corrected chi connectivity index (χ0v) is 21.0. The van der Waals surface area contributed by atoms with Crippen LogP contribution in [0, 0.1) is 0 Å². The summed E-state index contributed by atoms with van der Waals surface area (Å²) in [6.07, 6.45) is 2.70. The van der Waals surface area contributed by atoms with Crippen LogP contribution in [0.1, 0.15) is 22.3 Å². The number of fused-ring (bicyclic) bond motifs is 1. The van der Waals surface area contributed by atoms with Gasteiger partial charge in [0.15, 0.2) is 0 Å². The molecule has 0 saturated heterocycles. The van der Waals surface area contributed by atoms with Crippen LogP contribution in [0.4, 0.5) is 24.5 Å². The maximum atomic E-state index is 13.1. The number of aliphatic hydroxyl groups excluding tert-OH is 1. The van der Waals surface area contributed by atoms with E-state index in [1.807, 2.05) is 53.4 Å². The first kappa shape index (κ1) is 26.7. The van der Waals surface area contributed by atoms with Gasteiger partial charge in [-0.25, -0.2) is 0 Å². The molecule has 3 N–H and O–H groups in total. The van der Waals surface area contributed by atoms with Crippen LogP contribution < -0.4 is 10.6 Å². The highest BCUT2D eigenvalue weighted by atomic mass is 19.4. The normalized spacial score (nSPS) is 15.6. The highest BCUT2D eigenvalue weighted by Gasteiger charge is 2.30. The van der Waals surface area contributed by atoms with E-state index in [1.54, 1.807) is 24.3 Å². The first-order chi connectivity index (χ1) is 19.2. The van der Waals surface area contributed by atoms with E-state index in [4.69, 9.17) is 0 Å². The summed E-state index contributed by atoms with van der Waals surface area (Å²) in [4.78, 5) is 24.5. The molecular formula is C31H24F3N3O3. The third-order valence-electron chi connectivity index (χ3n) is 6.51. The molecule has 9 heteroatoms. The summed E-state index contributed by atoms with van der Waals surface area (Å²) < 4.78 is 41.3. The fraction of sp³-hybridized carbons (Fsp3) is 0.0968. The summed E-state index contributed by atoms with van der Waals surface area (Å²) in [5, 5.41) is 15.3. The molecule has 0 fully saturated rings. The summed E-state index contributed by atoms with van der Waals surface area (Å²) in [5.74, 6) is -0.955. The van der Waals surface area contributed by atoms with E-state index in [-0.39, 0.29) is 6.42 Å². The number of carbonyl (C=O) groups excluding carboxylic acids is 2. The molecule has 0 saturated carbocycles. The van der Waals surface area contributed by atoms with Crippen LogP contribution in [0.25, 0.3) is 11.3 Å². The number of rotatable bonds is 6. The van der Waals surface area contributed by atoms with E-state index in [0.717, 1.165) is 23.4 Å². The number of carbonyl (C=O) groups is 2. The van der Waals surface area contributed by atoms with Crippen molar-refractivity contribution in [3.63, 3.8) is 0 Å². The number of halogens is 3. The van der Waals surface area contributed by atoms with Gasteiger partial charge in [-0.1, -0.05) is 42.5 Å². The number of nitrogens with zero attached hydrogens (tertiary/aromatic N) is 1. The maximum Gasteiger partial charge on any atom is 0.416 e. The van der Waals surface area contributed by atoms with Gasteiger partial charge in [-0.05, 0) is 65.2 Å². The van der Waals surface area contributed by atoms with Crippen LogP contribution >= 0.6 is 0 Å². The second-order valence-electron chi connectivity index (χ2n) is 9.18. The Labute approximate surface area is 228 Å². The quantitative estimate of drug-likeness (QED) is 0.207. The van der Waals surface area contributed by atoms with E-state index in [2.05, 4.69) is 10.6 Å². The van der Waals surface area contributed by atoms with Gasteiger partial charge in [-0.3, -0.25) is 9.59 Å². The maximum absolute atomic E-state index is 13.1. The minimum atomic E-state index is -4.45. The third-order valence-corrected chi connectivity index (χ3v) is 6.51. The number of allylic oxidation sites excluding steroid dienone is 2. The summed E-state index contributed by atoms with van der Waals surface area (Å²) in [5.41, 5.74) is 3.68. The molecule has 0 radical (unpaired) electrons. The molecule has 202 valence electrons. The Morgan fingerprint density at radius 3 is 2.25 bits per heavy atom. The smallest absolute Gasteiger partial charge is 0.383 e. The zero-order chi connectivity index (χ0) is 28.3. The van der Waals surface area contributed by atoms with E-state index in [1.165, 1.54) is 24.3 Å². The van der Waals surface area contributed by atoms with Crippen molar-refractivity contribution in [3.05, 3.63) is 132 Å². The van der Waals surface area contributed by atoms with Crippen LogP contribution in [0.5, 0.6) is 0 Å². The number of aromatic nitrogens is 1. The van der Waals surface area contributed by atoms with Crippen LogP contribution in [-0.2, 0) is 22.2 Å². The van der Waals surface area contributed by atoms with Gasteiger partial charge in [0.25, 0.3) is 5.91 Å². The van der Waals surface area contributed by atoms with Gasteiger partial charge < -0.3 is 20.3 Å². The first-order valence-corrected chi connectivity index (χ1v) is 12.4. The molecule has 5 rings (SSSR count). The molecule has 3 aromatic carbocycles. The van der Waals surface area contributed by atoms with Gasteiger partial charge in [-0.15, -0.1) is 0 Å². The minimum Gasteiger partial charge on any atom is -0.383 e. The number of amides is 2. The van der Waals surface area contributed by atoms with Gasteiger partial charge in [0.05, 0.1) is 5.56 Å². The number of anilines is 2. The predicted octanol–water partition coefficient (Wildman–Crippen LogP) is 5.98. The lowest BCUT2D eigenvalue weighted by Gasteiger charge is -2.23. The van der Waals surface area contributed by atoms with Crippen molar-refractivity contribution in [1.82, 2.24) is 4.57 Å². The molecule has 1 unspecified atom stereocenters. The molecule has 2 amide bonds. The molecule has 1 aromatic heterocycles. The van der Waals surface area contributed by atoms with Gasteiger partial charge in [0.1, 0.15) is 6.10 Å². The Kier molecular flexibility index (Phi) is 7.39. The Hall–Kier alpha value is -4.89. The number of benzene rings is 3. The number of nitrogens with one attached hydrogen (secondary N) is 2. The second kappa shape index (κ2) is 11.1. The molecule has 1 aliphatic rings. The molecule has 1 atom stereocenters. The van der Waals surface area contributed by atoms with Crippen molar-refractivity contribution < 1.29 is 27.9 Å². The standard InChI is InChI=1S/C31H24F3N3O3/c32-31(33,34)22-13-9-20(10-14-22)24(21-11-15-23(16-12-21)37-17-1-2-18-37)5-3-8-29(39)35-26-6-4-7-27-25(26)19-28(38)30(40)36-27/h1-18,28,38H,19H2,(H,35,39)(H,36,40)/b8-3+,24-5+. The highest BCUT2D eigenvalue weighted by molar-refractivity contribution is 6.03. The number of alkyl halides is 3. The summed E-state index contributed by atoms with van der Waals surface area (Å²) in [7, 11) is 0. The molecule has 0 bridgehead atoms. The van der Waals surface area contributed by atoms with Crippen molar-refractivity contribution in [2.75, 3.05) is 10.6 Å². The van der Waals surface area contributed by atoms with Crippen LogP contribution in [0.2, 0.25) is 0 Å². The lowest BCUT2D eigenvalue weighted by Crippen LogP contribution is -2.34. The van der Waals surface area contributed by atoms with E-state index in [9.17, 15) is 27.9 Å². The van der Waals surface area contributed by atoms with E-state index < -0.39 is 29.7 Å². The van der Waals surface area contributed by atoms with Gasteiger partial charge in [0.2, 0.25) is 5.91 Å². The number of hydrogen-bond acceptors (Lipinski definition) is 3. The molecule has 4 aromatic rings. The lowest BCUT2D eigenvalue weighted by atomic mass is 9.96. The Bertz CT molecular complexity index is 1590. The SMILES string of the molecule is O=C(/C=C/C=C(/c1ccc(-n2cccc2)cc1)c1ccc(C(F)(F)F)cc1)Nc1cccc2c1CC(O)C(=O)N2. The topological polar surface area (TPSA) is 83.4 Å². The summed E-state index contributed by atoms with van der Waals surface area (Å²) in [6.45, 7) is 0. The number of aliphatic hydroxyl groups is 1. The van der Waals surface area contributed by atoms with E-state index >= 15 is 0 Å². The molecule has 1 aliphatic heterocycles. The largest absolute Gasteiger partial charge is 0.416 e. The minimum absolute atomic E-state index is 0.0678. The fourth-order valence-corrected chi connectivity index (χ4v) is 4.47. The van der Waals surface area contributed by atoms with Gasteiger partial charge in [-0.2, -0.15) is 13.2 Å². The predicted molar refractivity (Wildman–Crippen MR) is 147 cm³/mol. The average molecular weight is 544 g/mol. The number of hydrogen-bond donors (Lipinski definition) is 3. The summed E-state index contributed by atoms with van der Waals surface area (Å²) in [6, 6.07) is 21.2. The van der Waals surface area contributed by atoms with Crippen molar-refractivity contribution in [2.24, 2.45) is 0 Å². The molecule has 40 heavy (non-hydrogen) atoms. The van der Waals surface area contributed by atoms with Crippen LogP contribution in [0.15, 0.2) is 109 Å². The lowest BCUT2D eigenvalue weighted by molar-refractivity contribution is -0.137. The third kappa shape index (κ3) is 5.89.